The first-order valence-corrected chi connectivity index (χ1v) is 7.74. The lowest BCUT2D eigenvalue weighted by atomic mass is 10.1. The first-order chi connectivity index (χ1) is 11.6. The van der Waals surface area contributed by atoms with Gasteiger partial charge < -0.3 is 13.9 Å². The van der Waals surface area contributed by atoms with Gasteiger partial charge in [-0.15, -0.1) is 10.2 Å². The molecule has 0 bridgehead atoms. The molecule has 0 spiro atoms. The Morgan fingerprint density at radius 2 is 1.75 bits per heavy atom. The molecular formula is C19H20N2O3. The first kappa shape index (κ1) is 16.1. The fraction of sp³-hybridized carbons (Fsp3) is 0.263. The van der Waals surface area contributed by atoms with Crippen molar-refractivity contribution in [1.29, 1.82) is 0 Å². The Labute approximate surface area is 141 Å². The Morgan fingerprint density at radius 3 is 2.46 bits per heavy atom. The summed E-state index contributed by atoms with van der Waals surface area (Å²) >= 11 is 0. The van der Waals surface area contributed by atoms with Crippen molar-refractivity contribution in [3.8, 4) is 23.0 Å². The fourth-order valence-electron chi connectivity index (χ4n) is 2.45. The predicted octanol–water partition coefficient (Wildman–Crippen LogP) is 4.25. The average Bonchev–Trinajstić information content (AvgIpc) is 3.06. The van der Waals surface area contributed by atoms with Gasteiger partial charge >= 0.3 is 0 Å². The van der Waals surface area contributed by atoms with Crippen LogP contribution in [0.2, 0.25) is 0 Å². The maximum atomic E-state index is 5.85. The van der Waals surface area contributed by atoms with Crippen molar-refractivity contribution in [2.75, 3.05) is 7.11 Å². The van der Waals surface area contributed by atoms with Gasteiger partial charge in [0.25, 0.3) is 5.89 Å². The second-order valence-electron chi connectivity index (χ2n) is 5.72. The van der Waals surface area contributed by atoms with Gasteiger partial charge in [-0.2, -0.15) is 0 Å². The van der Waals surface area contributed by atoms with Crippen molar-refractivity contribution in [3.05, 3.63) is 59.0 Å². The minimum atomic E-state index is 0.243. The van der Waals surface area contributed by atoms with E-state index in [1.165, 1.54) is 5.56 Å². The number of benzene rings is 2. The zero-order valence-corrected chi connectivity index (χ0v) is 14.3. The molecule has 0 radical (unpaired) electrons. The molecule has 0 aliphatic carbocycles. The standard InChI is InChI=1S/C19H20N2O3/c1-12-9-13(2)14(3)17(10-12)23-11-18-20-21-19(24-18)15-5-7-16(22-4)8-6-15/h5-10H,11H2,1-4H3. The van der Waals surface area contributed by atoms with E-state index in [2.05, 4.69) is 23.2 Å². The van der Waals surface area contributed by atoms with Crippen LogP contribution in [0.15, 0.2) is 40.8 Å². The zero-order valence-electron chi connectivity index (χ0n) is 14.3. The number of ether oxygens (including phenoxy) is 2. The van der Waals surface area contributed by atoms with E-state index in [4.69, 9.17) is 13.9 Å². The Kier molecular flexibility index (Phi) is 4.51. The van der Waals surface area contributed by atoms with Gasteiger partial charge in [0.05, 0.1) is 7.11 Å². The highest BCUT2D eigenvalue weighted by molar-refractivity contribution is 5.53. The highest BCUT2D eigenvalue weighted by Gasteiger charge is 2.11. The third kappa shape index (κ3) is 3.40. The van der Waals surface area contributed by atoms with E-state index in [-0.39, 0.29) is 6.61 Å². The molecule has 3 rings (SSSR count). The SMILES string of the molecule is COc1ccc(-c2nnc(COc3cc(C)cc(C)c3C)o2)cc1. The normalized spacial score (nSPS) is 10.7. The molecule has 0 amide bonds. The second kappa shape index (κ2) is 6.74. The molecule has 0 aliphatic heterocycles. The van der Waals surface area contributed by atoms with Crippen molar-refractivity contribution >= 4 is 0 Å². The van der Waals surface area contributed by atoms with Crippen molar-refractivity contribution in [3.63, 3.8) is 0 Å². The van der Waals surface area contributed by atoms with E-state index in [0.717, 1.165) is 28.2 Å². The van der Waals surface area contributed by atoms with E-state index in [0.29, 0.717) is 11.8 Å². The maximum Gasteiger partial charge on any atom is 0.254 e. The molecule has 3 aromatic rings. The van der Waals surface area contributed by atoms with Crippen LogP contribution >= 0.6 is 0 Å². The smallest absolute Gasteiger partial charge is 0.254 e. The van der Waals surface area contributed by atoms with E-state index in [1.807, 2.05) is 44.2 Å². The third-order valence-electron chi connectivity index (χ3n) is 3.92. The summed E-state index contributed by atoms with van der Waals surface area (Å²) in [6, 6.07) is 11.6. The number of aromatic nitrogens is 2. The van der Waals surface area contributed by atoms with Gasteiger partial charge in [0.2, 0.25) is 5.89 Å². The molecule has 0 N–H and O–H groups in total. The molecule has 0 unspecified atom stereocenters. The second-order valence-corrected chi connectivity index (χ2v) is 5.72. The Balaban J connectivity index is 1.72. The largest absolute Gasteiger partial charge is 0.497 e. The summed E-state index contributed by atoms with van der Waals surface area (Å²) in [5, 5.41) is 8.13. The Morgan fingerprint density at radius 1 is 1.00 bits per heavy atom. The summed E-state index contributed by atoms with van der Waals surface area (Å²) in [4.78, 5) is 0. The molecule has 1 aromatic heterocycles. The van der Waals surface area contributed by atoms with Gasteiger partial charge in [0, 0.05) is 5.56 Å². The van der Waals surface area contributed by atoms with Crippen molar-refractivity contribution < 1.29 is 13.9 Å². The quantitative estimate of drug-likeness (QED) is 0.702. The number of methoxy groups -OCH3 is 1. The predicted molar refractivity (Wildman–Crippen MR) is 91.3 cm³/mol. The number of aryl methyl sites for hydroxylation is 2. The van der Waals surface area contributed by atoms with Crippen LogP contribution in [0.25, 0.3) is 11.5 Å². The van der Waals surface area contributed by atoms with Crippen molar-refractivity contribution in [2.45, 2.75) is 27.4 Å². The summed E-state index contributed by atoms with van der Waals surface area (Å²) < 4.78 is 16.7. The minimum Gasteiger partial charge on any atom is -0.497 e. The van der Waals surface area contributed by atoms with Gasteiger partial charge in [-0.1, -0.05) is 6.07 Å². The zero-order chi connectivity index (χ0) is 17.1. The molecule has 5 heteroatoms. The number of hydrogen-bond acceptors (Lipinski definition) is 5. The number of hydrogen-bond donors (Lipinski definition) is 0. The highest BCUT2D eigenvalue weighted by atomic mass is 16.5. The van der Waals surface area contributed by atoms with E-state index in [9.17, 15) is 0 Å². The maximum absolute atomic E-state index is 5.85. The monoisotopic (exact) mass is 324 g/mol. The van der Waals surface area contributed by atoms with Crippen LogP contribution in [0, 0.1) is 20.8 Å². The van der Waals surface area contributed by atoms with Gasteiger partial charge in [-0.3, -0.25) is 0 Å². The summed E-state index contributed by atoms with van der Waals surface area (Å²) in [5.41, 5.74) is 4.33. The van der Waals surface area contributed by atoms with Gasteiger partial charge in [-0.05, 0) is 67.8 Å². The van der Waals surface area contributed by atoms with E-state index >= 15 is 0 Å². The Bertz CT molecular complexity index is 838. The van der Waals surface area contributed by atoms with Crippen LogP contribution in [0.3, 0.4) is 0 Å². The van der Waals surface area contributed by atoms with Crippen LogP contribution in [-0.2, 0) is 6.61 Å². The molecular weight excluding hydrogens is 304 g/mol. The van der Waals surface area contributed by atoms with Crippen LogP contribution < -0.4 is 9.47 Å². The van der Waals surface area contributed by atoms with Gasteiger partial charge in [-0.25, -0.2) is 0 Å². The molecule has 24 heavy (non-hydrogen) atoms. The van der Waals surface area contributed by atoms with Gasteiger partial charge in [0.15, 0.2) is 6.61 Å². The Hall–Kier alpha value is -2.82. The summed E-state index contributed by atoms with van der Waals surface area (Å²) in [6.07, 6.45) is 0. The molecule has 0 aliphatic rings. The summed E-state index contributed by atoms with van der Waals surface area (Å²) in [6.45, 7) is 6.41. The van der Waals surface area contributed by atoms with E-state index in [1.54, 1.807) is 7.11 Å². The molecule has 2 aromatic carbocycles. The lowest BCUT2D eigenvalue weighted by molar-refractivity contribution is 0.262. The third-order valence-corrected chi connectivity index (χ3v) is 3.92. The summed E-state index contributed by atoms with van der Waals surface area (Å²) in [5.74, 6) is 2.54. The van der Waals surface area contributed by atoms with Crippen molar-refractivity contribution in [1.82, 2.24) is 10.2 Å². The molecule has 1 heterocycles. The van der Waals surface area contributed by atoms with Crippen LogP contribution in [-0.4, -0.2) is 17.3 Å². The molecule has 0 atom stereocenters. The van der Waals surface area contributed by atoms with Crippen LogP contribution in [0.5, 0.6) is 11.5 Å². The molecule has 0 saturated heterocycles. The molecule has 124 valence electrons. The lowest BCUT2D eigenvalue weighted by Crippen LogP contribution is -1.99. The van der Waals surface area contributed by atoms with Gasteiger partial charge in [0.1, 0.15) is 11.5 Å². The minimum absolute atomic E-state index is 0.243. The molecule has 5 nitrogen and oxygen atoms in total. The fourth-order valence-corrected chi connectivity index (χ4v) is 2.45. The summed E-state index contributed by atoms with van der Waals surface area (Å²) in [7, 11) is 1.63. The lowest BCUT2D eigenvalue weighted by Gasteiger charge is -2.10. The van der Waals surface area contributed by atoms with Crippen LogP contribution in [0.1, 0.15) is 22.6 Å². The number of rotatable bonds is 5. The van der Waals surface area contributed by atoms with Crippen molar-refractivity contribution in [2.24, 2.45) is 0 Å². The molecule has 0 fully saturated rings. The van der Waals surface area contributed by atoms with Crippen LogP contribution in [0.4, 0.5) is 0 Å². The topological polar surface area (TPSA) is 57.4 Å². The highest BCUT2D eigenvalue weighted by Crippen LogP contribution is 2.25. The van der Waals surface area contributed by atoms with E-state index < -0.39 is 0 Å². The average molecular weight is 324 g/mol. The number of nitrogens with zero attached hydrogens (tertiary/aromatic N) is 2. The first-order valence-electron chi connectivity index (χ1n) is 7.74. The molecule has 0 saturated carbocycles.